The average Bonchev–Trinajstić information content (AvgIpc) is 2.73. The van der Waals surface area contributed by atoms with Crippen molar-refractivity contribution in [2.45, 2.75) is 50.3 Å². The smallest absolute Gasteiger partial charge is 0.261 e. The summed E-state index contributed by atoms with van der Waals surface area (Å²) in [7, 11) is -4.05. The molecule has 3 rings (SSSR count). The Bertz CT molecular complexity index is 1010. The zero-order chi connectivity index (χ0) is 21.9. The van der Waals surface area contributed by atoms with Crippen LogP contribution in [0.1, 0.15) is 29.5 Å². The zero-order valence-corrected chi connectivity index (χ0v) is 17.7. The van der Waals surface area contributed by atoms with Crippen molar-refractivity contribution >= 4 is 15.9 Å². The molecule has 0 aliphatic carbocycles. The van der Waals surface area contributed by atoms with Gasteiger partial charge in [0.15, 0.2) is 0 Å². The predicted molar refractivity (Wildman–Crippen MR) is 110 cm³/mol. The molecule has 1 aliphatic heterocycles. The second kappa shape index (κ2) is 9.13. The number of aliphatic hydroxyl groups is 1. The fourth-order valence-corrected chi connectivity index (χ4v) is 5.19. The summed E-state index contributed by atoms with van der Waals surface area (Å²) in [6, 6.07) is 10.9. The predicted octanol–water partition coefficient (Wildman–Crippen LogP) is 1.90. The number of sulfonamides is 1. The summed E-state index contributed by atoms with van der Waals surface area (Å²) in [5.74, 6) is -0.309. The minimum atomic E-state index is -4.05. The van der Waals surface area contributed by atoms with Crippen molar-refractivity contribution in [1.29, 1.82) is 0 Å². The van der Waals surface area contributed by atoms with Crippen molar-refractivity contribution in [1.82, 2.24) is 9.79 Å². The second-order valence-corrected chi connectivity index (χ2v) is 9.38. The Kier molecular flexibility index (Phi) is 6.77. The number of hydroxylamine groups is 1. The molecule has 1 fully saturated rings. The van der Waals surface area contributed by atoms with Crippen molar-refractivity contribution in [2.24, 2.45) is 0 Å². The number of rotatable bonds is 6. The van der Waals surface area contributed by atoms with Crippen LogP contribution in [0.4, 0.5) is 0 Å². The van der Waals surface area contributed by atoms with Crippen molar-refractivity contribution in [3.63, 3.8) is 0 Å². The van der Waals surface area contributed by atoms with Gasteiger partial charge in [0.25, 0.3) is 5.91 Å². The van der Waals surface area contributed by atoms with Crippen LogP contribution >= 0.6 is 0 Å². The molecule has 0 unspecified atom stereocenters. The summed E-state index contributed by atoms with van der Waals surface area (Å²) < 4.78 is 32.8. The van der Waals surface area contributed by atoms with Gasteiger partial charge >= 0.3 is 0 Å². The Morgan fingerprint density at radius 3 is 2.50 bits per heavy atom. The lowest BCUT2D eigenvalue weighted by atomic mass is 10.0. The Labute approximate surface area is 176 Å². The SMILES string of the molecule is Cc1ccc(COc2ccc(S(=O)(=O)N3C[C@H](O)CC[C@@H]3C(=O)NO)cc2)c(C)c1. The first-order valence-corrected chi connectivity index (χ1v) is 11.1. The summed E-state index contributed by atoms with van der Waals surface area (Å²) in [5, 5.41) is 18.8. The normalized spacial score (nSPS) is 20.0. The van der Waals surface area contributed by atoms with Gasteiger partial charge in [0, 0.05) is 6.54 Å². The molecule has 9 heteroatoms. The third-order valence-electron chi connectivity index (χ3n) is 5.25. The summed E-state index contributed by atoms with van der Waals surface area (Å²) >= 11 is 0. The van der Waals surface area contributed by atoms with Gasteiger partial charge < -0.3 is 9.84 Å². The van der Waals surface area contributed by atoms with E-state index in [2.05, 4.69) is 6.07 Å². The highest BCUT2D eigenvalue weighted by molar-refractivity contribution is 7.89. The van der Waals surface area contributed by atoms with E-state index in [1.807, 2.05) is 26.0 Å². The minimum Gasteiger partial charge on any atom is -0.489 e. The fraction of sp³-hybridized carbons (Fsp3) is 0.381. The molecule has 1 heterocycles. The topological polar surface area (TPSA) is 116 Å². The number of ether oxygens (including phenoxy) is 1. The number of piperidine rings is 1. The first kappa shape index (κ1) is 22.2. The van der Waals surface area contributed by atoms with Crippen LogP contribution in [0.3, 0.4) is 0 Å². The van der Waals surface area contributed by atoms with Gasteiger partial charge in [-0.3, -0.25) is 10.0 Å². The first-order chi connectivity index (χ1) is 14.2. The Balaban J connectivity index is 1.75. The van der Waals surface area contributed by atoms with Gasteiger partial charge in [0.2, 0.25) is 10.0 Å². The van der Waals surface area contributed by atoms with Crippen molar-refractivity contribution in [3.8, 4) is 5.75 Å². The number of aryl methyl sites for hydroxylation is 2. The van der Waals surface area contributed by atoms with Crippen LogP contribution in [0.15, 0.2) is 47.4 Å². The number of nitrogens with zero attached hydrogens (tertiary/aromatic N) is 1. The van der Waals surface area contributed by atoms with E-state index in [1.54, 1.807) is 12.1 Å². The van der Waals surface area contributed by atoms with E-state index >= 15 is 0 Å². The lowest BCUT2D eigenvalue weighted by Crippen LogP contribution is -2.54. The van der Waals surface area contributed by atoms with Crippen LogP contribution in [0, 0.1) is 13.8 Å². The molecule has 0 bridgehead atoms. The van der Waals surface area contributed by atoms with Gasteiger partial charge in [-0.15, -0.1) is 0 Å². The third kappa shape index (κ3) is 4.81. The molecule has 1 amide bonds. The highest BCUT2D eigenvalue weighted by Crippen LogP contribution is 2.27. The van der Waals surface area contributed by atoms with Crippen LogP contribution in [0.25, 0.3) is 0 Å². The van der Waals surface area contributed by atoms with E-state index in [0.717, 1.165) is 15.4 Å². The molecule has 0 saturated carbocycles. The molecule has 0 spiro atoms. The van der Waals surface area contributed by atoms with E-state index < -0.39 is 28.1 Å². The number of nitrogens with one attached hydrogen (secondary N) is 1. The second-order valence-electron chi connectivity index (χ2n) is 7.49. The van der Waals surface area contributed by atoms with Gasteiger partial charge in [0.1, 0.15) is 18.4 Å². The minimum absolute atomic E-state index is 0.0220. The summed E-state index contributed by atoms with van der Waals surface area (Å²) in [6.45, 7) is 4.17. The average molecular weight is 435 g/mol. The van der Waals surface area contributed by atoms with Gasteiger partial charge in [-0.25, -0.2) is 13.9 Å². The molecular weight excluding hydrogens is 408 g/mol. The van der Waals surface area contributed by atoms with Gasteiger partial charge in [-0.2, -0.15) is 4.31 Å². The van der Waals surface area contributed by atoms with Gasteiger partial charge in [-0.05, 0) is 62.1 Å². The molecule has 162 valence electrons. The maximum absolute atomic E-state index is 13.0. The molecule has 8 nitrogen and oxygen atoms in total. The number of aliphatic hydroxyl groups excluding tert-OH is 1. The number of carbonyl (C=O) groups is 1. The lowest BCUT2D eigenvalue weighted by molar-refractivity contribution is -0.135. The Hall–Kier alpha value is -2.46. The van der Waals surface area contributed by atoms with Crippen LogP contribution in [-0.2, 0) is 21.4 Å². The summed E-state index contributed by atoms with van der Waals surface area (Å²) in [4.78, 5) is 11.9. The monoisotopic (exact) mass is 434 g/mol. The molecule has 2 aromatic carbocycles. The number of hydrogen-bond acceptors (Lipinski definition) is 6. The molecule has 0 radical (unpaired) electrons. The molecule has 0 aromatic heterocycles. The van der Waals surface area contributed by atoms with E-state index in [9.17, 15) is 18.3 Å². The first-order valence-electron chi connectivity index (χ1n) is 9.65. The fourth-order valence-electron chi connectivity index (χ4n) is 3.53. The van der Waals surface area contributed by atoms with Crippen LogP contribution < -0.4 is 10.2 Å². The van der Waals surface area contributed by atoms with Crippen LogP contribution in [0.2, 0.25) is 0 Å². The Morgan fingerprint density at radius 1 is 1.17 bits per heavy atom. The van der Waals surface area contributed by atoms with E-state index in [1.165, 1.54) is 23.2 Å². The number of benzene rings is 2. The molecule has 2 atom stereocenters. The number of hydrogen-bond donors (Lipinski definition) is 3. The van der Waals surface area contributed by atoms with Crippen LogP contribution in [-0.4, -0.2) is 47.6 Å². The quantitative estimate of drug-likeness (QED) is 0.472. The molecule has 30 heavy (non-hydrogen) atoms. The maximum atomic E-state index is 13.0. The van der Waals surface area contributed by atoms with Gasteiger partial charge in [0.05, 0.1) is 11.0 Å². The number of β-amino-alcohol motifs (C(OH)–C–C–N with tert-alkyl or cyclic N) is 1. The van der Waals surface area contributed by atoms with E-state index in [-0.39, 0.29) is 24.3 Å². The molecule has 3 N–H and O–H groups in total. The zero-order valence-electron chi connectivity index (χ0n) is 16.9. The number of amides is 1. The van der Waals surface area contributed by atoms with Crippen molar-refractivity contribution in [3.05, 3.63) is 59.2 Å². The van der Waals surface area contributed by atoms with E-state index in [0.29, 0.717) is 12.4 Å². The molecule has 1 saturated heterocycles. The molecule has 2 aromatic rings. The third-order valence-corrected chi connectivity index (χ3v) is 7.14. The highest BCUT2D eigenvalue weighted by atomic mass is 32.2. The Morgan fingerprint density at radius 2 is 1.87 bits per heavy atom. The summed E-state index contributed by atoms with van der Waals surface area (Å²) in [5.41, 5.74) is 4.83. The summed E-state index contributed by atoms with van der Waals surface area (Å²) in [6.07, 6.45) is -0.484. The molecular formula is C21H26N2O6S. The largest absolute Gasteiger partial charge is 0.489 e. The standard InChI is InChI=1S/C21H26N2O6S/c1-14-3-4-16(15(2)11-14)13-29-18-6-8-19(9-7-18)30(27,28)23-12-17(24)5-10-20(23)21(25)22-26/h3-4,6-9,11,17,20,24,26H,5,10,12-13H2,1-2H3,(H,22,25)/t17-,20-/m1/s1. The highest BCUT2D eigenvalue weighted by Gasteiger charge is 2.40. The molecule has 1 aliphatic rings. The van der Waals surface area contributed by atoms with Crippen molar-refractivity contribution in [2.75, 3.05) is 6.54 Å². The lowest BCUT2D eigenvalue weighted by Gasteiger charge is -2.35. The van der Waals surface area contributed by atoms with Crippen LogP contribution in [0.5, 0.6) is 5.75 Å². The van der Waals surface area contributed by atoms with E-state index in [4.69, 9.17) is 9.94 Å². The van der Waals surface area contributed by atoms with Crippen molar-refractivity contribution < 1.29 is 28.3 Å². The maximum Gasteiger partial charge on any atom is 0.261 e. The van der Waals surface area contributed by atoms with Gasteiger partial charge in [-0.1, -0.05) is 23.8 Å². The number of carbonyl (C=O) groups excluding carboxylic acids is 1.